The van der Waals surface area contributed by atoms with Crippen molar-refractivity contribution >= 4 is 27.5 Å². The number of hydrogen-bond acceptors (Lipinski definition) is 2. The number of nitriles is 1. The Morgan fingerprint density at radius 2 is 2.19 bits per heavy atom. The van der Waals surface area contributed by atoms with Crippen LogP contribution in [-0.2, 0) is 4.79 Å². The second kappa shape index (κ2) is 5.66. The van der Waals surface area contributed by atoms with Crippen molar-refractivity contribution in [3.05, 3.63) is 28.7 Å². The van der Waals surface area contributed by atoms with E-state index in [1.807, 2.05) is 32.0 Å². The lowest BCUT2D eigenvalue weighted by Crippen LogP contribution is -2.25. The summed E-state index contributed by atoms with van der Waals surface area (Å²) in [6, 6.07) is 9.30. The third-order valence-corrected chi connectivity index (χ3v) is 2.67. The first-order chi connectivity index (χ1) is 7.54. The molecule has 0 aromatic heterocycles. The Labute approximate surface area is 104 Å². The first-order valence-electron chi connectivity index (χ1n) is 5.00. The van der Waals surface area contributed by atoms with E-state index in [4.69, 9.17) is 5.26 Å². The van der Waals surface area contributed by atoms with Gasteiger partial charge in [0.2, 0.25) is 5.91 Å². The Morgan fingerprint density at radius 3 is 2.69 bits per heavy atom. The second-order valence-electron chi connectivity index (χ2n) is 3.85. The molecule has 1 N–H and O–H groups in total. The molecule has 1 aromatic rings. The number of halogens is 1. The molecule has 0 aliphatic heterocycles. The fourth-order valence-electron chi connectivity index (χ4n) is 1.30. The molecule has 0 bridgehead atoms. The summed E-state index contributed by atoms with van der Waals surface area (Å²) in [6.07, 6.45) is 0. The Bertz CT molecular complexity index is 423. The fourth-order valence-corrected chi connectivity index (χ4v) is 1.70. The predicted molar refractivity (Wildman–Crippen MR) is 66.7 cm³/mol. The van der Waals surface area contributed by atoms with Crippen molar-refractivity contribution in [2.45, 2.75) is 13.8 Å². The monoisotopic (exact) mass is 280 g/mol. The molecule has 3 nitrogen and oxygen atoms in total. The van der Waals surface area contributed by atoms with Crippen LogP contribution in [0.1, 0.15) is 13.8 Å². The summed E-state index contributed by atoms with van der Waals surface area (Å²) < 4.78 is 0.892. The first-order valence-corrected chi connectivity index (χ1v) is 5.80. The van der Waals surface area contributed by atoms with Crippen molar-refractivity contribution in [1.29, 1.82) is 5.26 Å². The highest BCUT2D eigenvalue weighted by Crippen LogP contribution is 2.18. The predicted octanol–water partition coefficient (Wildman–Crippen LogP) is 3.18. The molecule has 0 aliphatic carbocycles. The molecule has 84 valence electrons. The van der Waals surface area contributed by atoms with E-state index < -0.39 is 5.92 Å². The van der Waals surface area contributed by atoms with Crippen LogP contribution in [0, 0.1) is 23.2 Å². The molecule has 16 heavy (non-hydrogen) atoms. The van der Waals surface area contributed by atoms with E-state index in [9.17, 15) is 4.79 Å². The van der Waals surface area contributed by atoms with Gasteiger partial charge in [-0.2, -0.15) is 5.26 Å². The van der Waals surface area contributed by atoms with E-state index >= 15 is 0 Å². The van der Waals surface area contributed by atoms with Gasteiger partial charge in [-0.05, 0) is 24.1 Å². The Morgan fingerprint density at radius 1 is 1.50 bits per heavy atom. The quantitative estimate of drug-likeness (QED) is 0.925. The molecule has 4 heteroatoms. The molecule has 0 aliphatic rings. The number of nitrogens with zero attached hydrogens (tertiary/aromatic N) is 1. The lowest BCUT2D eigenvalue weighted by Gasteiger charge is -2.13. The van der Waals surface area contributed by atoms with Gasteiger partial charge < -0.3 is 5.32 Å². The van der Waals surface area contributed by atoms with Crippen molar-refractivity contribution in [1.82, 2.24) is 0 Å². The molecule has 0 spiro atoms. The third kappa shape index (κ3) is 3.35. The Kier molecular flexibility index (Phi) is 4.51. The summed E-state index contributed by atoms with van der Waals surface area (Å²) >= 11 is 3.32. The van der Waals surface area contributed by atoms with Crippen molar-refractivity contribution in [3.63, 3.8) is 0 Å². The van der Waals surface area contributed by atoms with E-state index in [1.54, 1.807) is 12.1 Å². The topological polar surface area (TPSA) is 52.9 Å². The van der Waals surface area contributed by atoms with Crippen LogP contribution in [0.5, 0.6) is 0 Å². The van der Waals surface area contributed by atoms with Crippen LogP contribution in [0.15, 0.2) is 28.7 Å². The van der Waals surface area contributed by atoms with Gasteiger partial charge in [0.25, 0.3) is 0 Å². The number of anilines is 1. The molecule has 0 heterocycles. The average Bonchev–Trinajstić information content (AvgIpc) is 2.17. The van der Waals surface area contributed by atoms with Crippen LogP contribution in [-0.4, -0.2) is 5.91 Å². The van der Waals surface area contributed by atoms with Gasteiger partial charge in [-0.1, -0.05) is 35.8 Å². The zero-order valence-corrected chi connectivity index (χ0v) is 10.8. The molecular formula is C12H13BrN2O. The number of carbonyl (C=O) groups excluding carboxylic acids is 1. The molecule has 1 rings (SSSR count). The minimum Gasteiger partial charge on any atom is -0.325 e. The highest BCUT2D eigenvalue weighted by Gasteiger charge is 2.21. The second-order valence-corrected chi connectivity index (χ2v) is 4.77. The normalized spacial score (nSPS) is 11.9. The van der Waals surface area contributed by atoms with Gasteiger partial charge in [0.05, 0.1) is 6.07 Å². The number of benzene rings is 1. The van der Waals surface area contributed by atoms with Crippen LogP contribution in [0.3, 0.4) is 0 Å². The molecule has 1 aromatic carbocycles. The van der Waals surface area contributed by atoms with E-state index in [0.717, 1.165) is 4.47 Å². The van der Waals surface area contributed by atoms with E-state index in [2.05, 4.69) is 21.2 Å². The van der Waals surface area contributed by atoms with Crippen molar-refractivity contribution in [2.75, 3.05) is 5.32 Å². The molecular weight excluding hydrogens is 268 g/mol. The summed E-state index contributed by atoms with van der Waals surface area (Å²) in [5.74, 6) is -0.855. The van der Waals surface area contributed by atoms with Crippen molar-refractivity contribution < 1.29 is 4.79 Å². The number of amides is 1. The fraction of sp³-hybridized carbons (Fsp3) is 0.333. The highest BCUT2D eigenvalue weighted by molar-refractivity contribution is 9.10. The highest BCUT2D eigenvalue weighted by atomic mass is 79.9. The number of carbonyl (C=O) groups is 1. The van der Waals surface area contributed by atoms with E-state index in [-0.39, 0.29) is 11.8 Å². The summed E-state index contributed by atoms with van der Waals surface area (Å²) in [6.45, 7) is 3.71. The maximum Gasteiger partial charge on any atom is 0.241 e. The van der Waals surface area contributed by atoms with Gasteiger partial charge in [0.1, 0.15) is 5.92 Å². The van der Waals surface area contributed by atoms with E-state index in [0.29, 0.717) is 5.69 Å². The van der Waals surface area contributed by atoms with Gasteiger partial charge in [0, 0.05) is 10.2 Å². The van der Waals surface area contributed by atoms with Crippen LogP contribution < -0.4 is 5.32 Å². The molecule has 1 unspecified atom stereocenters. The van der Waals surface area contributed by atoms with Crippen LogP contribution >= 0.6 is 15.9 Å². The van der Waals surface area contributed by atoms with Gasteiger partial charge in [-0.15, -0.1) is 0 Å². The zero-order valence-electron chi connectivity index (χ0n) is 9.20. The lowest BCUT2D eigenvalue weighted by atomic mass is 9.96. The molecule has 0 saturated carbocycles. The molecule has 0 radical (unpaired) electrons. The van der Waals surface area contributed by atoms with Gasteiger partial charge >= 0.3 is 0 Å². The number of rotatable bonds is 3. The van der Waals surface area contributed by atoms with Crippen LogP contribution in [0.2, 0.25) is 0 Å². The molecule has 1 amide bonds. The summed E-state index contributed by atoms with van der Waals surface area (Å²) in [4.78, 5) is 11.7. The van der Waals surface area contributed by atoms with Gasteiger partial charge in [-0.25, -0.2) is 0 Å². The number of hydrogen-bond donors (Lipinski definition) is 1. The van der Waals surface area contributed by atoms with Crippen molar-refractivity contribution in [3.8, 4) is 6.07 Å². The van der Waals surface area contributed by atoms with Gasteiger partial charge in [-0.3, -0.25) is 4.79 Å². The molecule has 1 atom stereocenters. The van der Waals surface area contributed by atoms with Crippen molar-refractivity contribution in [2.24, 2.45) is 11.8 Å². The Hall–Kier alpha value is -1.34. The molecule has 0 saturated heterocycles. The maximum absolute atomic E-state index is 11.7. The zero-order chi connectivity index (χ0) is 12.1. The van der Waals surface area contributed by atoms with Crippen LogP contribution in [0.25, 0.3) is 0 Å². The van der Waals surface area contributed by atoms with Gasteiger partial charge in [0.15, 0.2) is 0 Å². The first kappa shape index (κ1) is 12.7. The Balaban J connectivity index is 2.75. The average molecular weight is 281 g/mol. The minimum atomic E-state index is -0.612. The summed E-state index contributed by atoms with van der Waals surface area (Å²) in [5.41, 5.74) is 0.695. The third-order valence-electron chi connectivity index (χ3n) is 2.18. The standard InChI is InChI=1S/C12H13BrN2O/c1-8(2)11(7-14)12(16)15-10-5-3-4-9(13)6-10/h3-6,8,11H,1-2H3,(H,15,16). The largest absolute Gasteiger partial charge is 0.325 e. The minimum absolute atomic E-state index is 0.0113. The summed E-state index contributed by atoms with van der Waals surface area (Å²) in [5, 5.41) is 11.6. The summed E-state index contributed by atoms with van der Waals surface area (Å²) in [7, 11) is 0. The molecule has 0 fully saturated rings. The number of nitrogens with one attached hydrogen (secondary N) is 1. The SMILES string of the molecule is CC(C)C(C#N)C(=O)Nc1cccc(Br)c1. The maximum atomic E-state index is 11.7. The lowest BCUT2D eigenvalue weighted by molar-refractivity contribution is -0.119. The van der Waals surface area contributed by atoms with Crippen LogP contribution in [0.4, 0.5) is 5.69 Å². The smallest absolute Gasteiger partial charge is 0.241 e. The van der Waals surface area contributed by atoms with E-state index in [1.165, 1.54) is 0 Å².